The molecular formula is C13H14O. The first-order valence-corrected chi connectivity index (χ1v) is 4.91. The van der Waals surface area contributed by atoms with Crippen LogP contribution in [-0.4, -0.2) is 5.11 Å². The first-order valence-electron chi connectivity index (χ1n) is 4.91. The SMILES string of the molecule is Cc1cc(C2=CCC=CC2)ccc1O. The van der Waals surface area contributed by atoms with Crippen LogP contribution in [0.4, 0.5) is 0 Å². The Labute approximate surface area is 84.4 Å². The van der Waals surface area contributed by atoms with Gasteiger partial charge in [0, 0.05) is 0 Å². The minimum atomic E-state index is 0.376. The number of benzene rings is 1. The molecule has 0 aliphatic heterocycles. The Bertz CT molecular complexity index is 400. The van der Waals surface area contributed by atoms with E-state index >= 15 is 0 Å². The molecule has 1 aliphatic carbocycles. The van der Waals surface area contributed by atoms with Gasteiger partial charge in [-0.15, -0.1) is 0 Å². The molecule has 14 heavy (non-hydrogen) atoms. The maximum Gasteiger partial charge on any atom is 0.118 e. The number of hydrogen-bond donors (Lipinski definition) is 1. The fourth-order valence-electron chi connectivity index (χ4n) is 1.69. The van der Waals surface area contributed by atoms with Crippen LogP contribution < -0.4 is 0 Å². The number of allylic oxidation sites excluding steroid dienone is 4. The first kappa shape index (κ1) is 9.07. The molecule has 1 aliphatic rings. The van der Waals surface area contributed by atoms with Crippen LogP contribution in [0.2, 0.25) is 0 Å². The Morgan fingerprint density at radius 2 is 2.07 bits per heavy atom. The van der Waals surface area contributed by atoms with E-state index < -0.39 is 0 Å². The van der Waals surface area contributed by atoms with Crippen molar-refractivity contribution >= 4 is 5.57 Å². The van der Waals surface area contributed by atoms with E-state index in [-0.39, 0.29) is 0 Å². The van der Waals surface area contributed by atoms with Gasteiger partial charge in [0.2, 0.25) is 0 Å². The van der Waals surface area contributed by atoms with Crippen molar-refractivity contribution < 1.29 is 5.11 Å². The van der Waals surface area contributed by atoms with Crippen molar-refractivity contribution in [2.75, 3.05) is 0 Å². The van der Waals surface area contributed by atoms with Gasteiger partial charge in [-0.05, 0) is 48.6 Å². The minimum Gasteiger partial charge on any atom is -0.508 e. The minimum absolute atomic E-state index is 0.376. The molecule has 1 N–H and O–H groups in total. The Hall–Kier alpha value is -1.50. The van der Waals surface area contributed by atoms with Gasteiger partial charge in [0.05, 0.1) is 0 Å². The van der Waals surface area contributed by atoms with Crippen LogP contribution >= 0.6 is 0 Å². The zero-order chi connectivity index (χ0) is 9.97. The second kappa shape index (κ2) is 3.70. The normalized spacial score (nSPS) is 15.4. The van der Waals surface area contributed by atoms with Gasteiger partial charge >= 0.3 is 0 Å². The lowest BCUT2D eigenvalue weighted by Crippen LogP contribution is -1.88. The highest BCUT2D eigenvalue weighted by Gasteiger charge is 2.04. The van der Waals surface area contributed by atoms with Crippen LogP contribution in [0.1, 0.15) is 24.0 Å². The molecule has 0 bridgehead atoms. The second-order valence-electron chi connectivity index (χ2n) is 3.64. The molecule has 0 saturated heterocycles. The van der Waals surface area contributed by atoms with E-state index in [0.717, 1.165) is 18.4 Å². The molecule has 1 heteroatoms. The quantitative estimate of drug-likeness (QED) is 0.666. The van der Waals surface area contributed by atoms with E-state index in [1.54, 1.807) is 6.07 Å². The van der Waals surface area contributed by atoms with Crippen LogP contribution in [0.3, 0.4) is 0 Å². The molecule has 1 aromatic carbocycles. The van der Waals surface area contributed by atoms with Gasteiger partial charge < -0.3 is 5.11 Å². The third-order valence-electron chi connectivity index (χ3n) is 2.57. The summed E-state index contributed by atoms with van der Waals surface area (Å²) < 4.78 is 0. The summed E-state index contributed by atoms with van der Waals surface area (Å²) in [5, 5.41) is 9.41. The summed E-state index contributed by atoms with van der Waals surface area (Å²) in [4.78, 5) is 0. The third-order valence-corrected chi connectivity index (χ3v) is 2.57. The fraction of sp³-hybridized carbons (Fsp3) is 0.231. The smallest absolute Gasteiger partial charge is 0.118 e. The molecule has 1 nitrogen and oxygen atoms in total. The maximum absolute atomic E-state index is 9.41. The predicted octanol–water partition coefficient (Wildman–Crippen LogP) is 3.43. The lowest BCUT2D eigenvalue weighted by molar-refractivity contribution is 0.471. The highest BCUT2D eigenvalue weighted by Crippen LogP contribution is 2.26. The molecular weight excluding hydrogens is 172 g/mol. The highest BCUT2D eigenvalue weighted by atomic mass is 16.3. The molecule has 72 valence electrons. The second-order valence-corrected chi connectivity index (χ2v) is 3.64. The van der Waals surface area contributed by atoms with Gasteiger partial charge in [0.1, 0.15) is 5.75 Å². The molecule has 0 radical (unpaired) electrons. The van der Waals surface area contributed by atoms with Gasteiger partial charge in [-0.3, -0.25) is 0 Å². The van der Waals surface area contributed by atoms with Crippen LogP contribution in [0.5, 0.6) is 5.75 Å². The van der Waals surface area contributed by atoms with E-state index in [4.69, 9.17) is 0 Å². The Morgan fingerprint density at radius 1 is 1.21 bits per heavy atom. The van der Waals surface area contributed by atoms with Gasteiger partial charge in [0.15, 0.2) is 0 Å². The summed E-state index contributed by atoms with van der Waals surface area (Å²) >= 11 is 0. The zero-order valence-electron chi connectivity index (χ0n) is 8.33. The molecule has 0 aromatic heterocycles. The van der Waals surface area contributed by atoms with E-state index in [9.17, 15) is 5.11 Å². The number of phenolic OH excluding ortho intramolecular Hbond substituents is 1. The topological polar surface area (TPSA) is 20.2 Å². The molecule has 1 aromatic rings. The summed E-state index contributed by atoms with van der Waals surface area (Å²) in [6.45, 7) is 1.93. The fourth-order valence-corrected chi connectivity index (χ4v) is 1.69. The summed E-state index contributed by atoms with van der Waals surface area (Å²) in [5.74, 6) is 0.376. The monoisotopic (exact) mass is 186 g/mol. The van der Waals surface area contributed by atoms with E-state index in [2.05, 4.69) is 18.2 Å². The average molecular weight is 186 g/mol. The lowest BCUT2D eigenvalue weighted by Gasteiger charge is -2.10. The van der Waals surface area contributed by atoms with Crippen molar-refractivity contribution in [3.63, 3.8) is 0 Å². The molecule has 0 atom stereocenters. The Kier molecular flexibility index (Phi) is 2.40. The van der Waals surface area contributed by atoms with Gasteiger partial charge in [-0.25, -0.2) is 0 Å². The number of rotatable bonds is 1. The number of phenols is 1. The Balaban J connectivity index is 2.33. The molecule has 0 fully saturated rings. The zero-order valence-corrected chi connectivity index (χ0v) is 8.33. The average Bonchev–Trinajstić information content (AvgIpc) is 2.23. The third kappa shape index (κ3) is 1.72. The molecule has 0 amide bonds. The van der Waals surface area contributed by atoms with E-state index in [1.165, 1.54) is 11.1 Å². The molecule has 2 rings (SSSR count). The number of hydrogen-bond acceptors (Lipinski definition) is 1. The number of aromatic hydroxyl groups is 1. The van der Waals surface area contributed by atoms with E-state index in [1.807, 2.05) is 19.1 Å². The van der Waals surface area contributed by atoms with Crippen LogP contribution in [0, 0.1) is 6.92 Å². The van der Waals surface area contributed by atoms with E-state index in [0.29, 0.717) is 5.75 Å². The molecule has 0 heterocycles. The molecule has 0 unspecified atom stereocenters. The van der Waals surface area contributed by atoms with Crippen molar-refractivity contribution in [1.29, 1.82) is 0 Å². The van der Waals surface area contributed by atoms with Crippen LogP contribution in [-0.2, 0) is 0 Å². The van der Waals surface area contributed by atoms with Crippen molar-refractivity contribution in [3.8, 4) is 5.75 Å². The van der Waals surface area contributed by atoms with Crippen molar-refractivity contribution in [3.05, 3.63) is 47.6 Å². The van der Waals surface area contributed by atoms with Gasteiger partial charge in [-0.2, -0.15) is 0 Å². The Morgan fingerprint density at radius 3 is 2.71 bits per heavy atom. The largest absolute Gasteiger partial charge is 0.508 e. The van der Waals surface area contributed by atoms with Gasteiger partial charge in [0.25, 0.3) is 0 Å². The van der Waals surface area contributed by atoms with Crippen molar-refractivity contribution in [2.45, 2.75) is 19.8 Å². The summed E-state index contributed by atoms with van der Waals surface area (Å²) in [6, 6.07) is 5.79. The number of aryl methyl sites for hydroxylation is 1. The standard InChI is InChI=1S/C13H14O/c1-10-9-12(7-8-13(10)14)11-5-3-2-4-6-11/h2-3,6-9,14H,4-5H2,1H3. The summed E-state index contributed by atoms with van der Waals surface area (Å²) in [5.41, 5.74) is 3.53. The highest BCUT2D eigenvalue weighted by molar-refractivity contribution is 5.69. The van der Waals surface area contributed by atoms with Crippen LogP contribution in [0.15, 0.2) is 36.4 Å². The maximum atomic E-state index is 9.41. The lowest BCUT2D eigenvalue weighted by atomic mass is 9.96. The summed E-state index contributed by atoms with van der Waals surface area (Å²) in [6.07, 6.45) is 8.64. The molecule has 0 spiro atoms. The van der Waals surface area contributed by atoms with Crippen LogP contribution in [0.25, 0.3) is 5.57 Å². The van der Waals surface area contributed by atoms with Crippen molar-refractivity contribution in [1.82, 2.24) is 0 Å². The van der Waals surface area contributed by atoms with Crippen molar-refractivity contribution in [2.24, 2.45) is 0 Å². The summed E-state index contributed by atoms with van der Waals surface area (Å²) in [7, 11) is 0. The van der Waals surface area contributed by atoms with Gasteiger partial charge in [-0.1, -0.05) is 24.3 Å². The first-order chi connectivity index (χ1) is 6.77. The molecule has 0 saturated carbocycles. The predicted molar refractivity (Wildman–Crippen MR) is 59.2 cm³/mol.